The molecule has 40 heavy (non-hydrogen) atoms. The van der Waals surface area contributed by atoms with Crippen LogP contribution in [0.1, 0.15) is 57.8 Å². The van der Waals surface area contributed by atoms with Gasteiger partial charge in [0.2, 0.25) is 0 Å². The van der Waals surface area contributed by atoms with E-state index in [4.69, 9.17) is 4.98 Å². The van der Waals surface area contributed by atoms with Crippen LogP contribution in [-0.2, 0) is 5.41 Å². The molecule has 0 radical (unpaired) electrons. The van der Waals surface area contributed by atoms with E-state index >= 15 is 0 Å². The van der Waals surface area contributed by atoms with E-state index in [1.807, 2.05) is 62.5 Å². The van der Waals surface area contributed by atoms with E-state index in [-0.39, 0.29) is 22.9 Å². The van der Waals surface area contributed by atoms with Crippen LogP contribution in [0.15, 0.2) is 85.1 Å². The summed E-state index contributed by atoms with van der Waals surface area (Å²) in [6, 6.07) is 23.8. The number of hydrogen-bond acceptors (Lipinski definition) is 3. The van der Waals surface area contributed by atoms with E-state index in [1.165, 1.54) is 12.1 Å². The van der Waals surface area contributed by atoms with Gasteiger partial charge in [-0.25, -0.2) is 9.37 Å². The van der Waals surface area contributed by atoms with Gasteiger partial charge in [-0.1, -0.05) is 56.3 Å². The highest BCUT2D eigenvalue weighted by molar-refractivity contribution is 6.00. The van der Waals surface area contributed by atoms with E-state index in [9.17, 15) is 14.0 Å². The number of carbonyl (C=O) groups is 2. The molecule has 0 spiro atoms. The normalized spacial score (nSPS) is 11.6. The zero-order valence-electron chi connectivity index (χ0n) is 23.4. The molecule has 3 aromatic carbocycles. The molecule has 0 aliphatic heterocycles. The van der Waals surface area contributed by atoms with Gasteiger partial charge in [0.05, 0.1) is 0 Å². The van der Waals surface area contributed by atoms with Gasteiger partial charge in [0, 0.05) is 36.4 Å². The van der Waals surface area contributed by atoms with Crippen LogP contribution in [0.2, 0.25) is 0 Å². The summed E-state index contributed by atoms with van der Waals surface area (Å²) < 4.78 is 15.4. The summed E-state index contributed by atoms with van der Waals surface area (Å²) in [4.78, 5) is 31.3. The molecule has 0 unspecified atom stereocenters. The molecule has 0 bridgehead atoms. The van der Waals surface area contributed by atoms with Crippen molar-refractivity contribution < 1.29 is 14.0 Å². The number of ketones is 1. The largest absolute Gasteiger partial charge is 0.354 e. The number of halogens is 1. The van der Waals surface area contributed by atoms with Gasteiger partial charge in [0.15, 0.2) is 5.78 Å². The summed E-state index contributed by atoms with van der Waals surface area (Å²) in [5.74, 6) is -0.587. The lowest BCUT2D eigenvalue weighted by Gasteiger charge is -2.24. The summed E-state index contributed by atoms with van der Waals surface area (Å²) in [5.41, 5.74) is 7.34. The second kappa shape index (κ2) is 10.5. The summed E-state index contributed by atoms with van der Waals surface area (Å²) in [5, 5.41) is 2.71. The van der Waals surface area contributed by atoms with Gasteiger partial charge in [-0.05, 0) is 77.9 Å². The molecule has 0 saturated heterocycles. The Morgan fingerprint density at radius 3 is 2.27 bits per heavy atom. The number of benzene rings is 3. The third kappa shape index (κ3) is 5.05. The minimum absolute atomic E-state index is 0.0705. The van der Waals surface area contributed by atoms with Crippen LogP contribution < -0.4 is 5.32 Å². The van der Waals surface area contributed by atoms with Crippen molar-refractivity contribution in [2.75, 3.05) is 7.05 Å². The van der Waals surface area contributed by atoms with Gasteiger partial charge in [0.25, 0.3) is 5.91 Å². The average molecular weight is 534 g/mol. The quantitative estimate of drug-likeness (QED) is 0.223. The van der Waals surface area contributed by atoms with Crippen LogP contribution >= 0.6 is 0 Å². The first-order valence-corrected chi connectivity index (χ1v) is 13.3. The Morgan fingerprint density at radius 2 is 1.60 bits per heavy atom. The molecule has 5 rings (SSSR count). The summed E-state index contributed by atoms with van der Waals surface area (Å²) in [6.07, 6.45) is 2.28. The first kappa shape index (κ1) is 27.0. The molecular formula is C34H32FN3O2. The molecule has 0 saturated carbocycles. The third-order valence-electron chi connectivity index (χ3n) is 7.53. The molecule has 0 aliphatic rings. The number of hydrogen-bond donors (Lipinski definition) is 1. The van der Waals surface area contributed by atoms with Crippen LogP contribution in [0.5, 0.6) is 0 Å². The maximum atomic E-state index is 13.6. The van der Waals surface area contributed by atoms with Crippen LogP contribution in [-0.4, -0.2) is 28.1 Å². The Bertz CT molecular complexity index is 1740. The second-order valence-corrected chi connectivity index (χ2v) is 10.9. The first-order chi connectivity index (χ1) is 19.1. The number of fused-ring (bicyclic) bond motifs is 1. The van der Waals surface area contributed by atoms with Crippen LogP contribution in [0.3, 0.4) is 0 Å². The van der Waals surface area contributed by atoms with Crippen molar-refractivity contribution >= 4 is 17.3 Å². The monoisotopic (exact) mass is 533 g/mol. The van der Waals surface area contributed by atoms with Gasteiger partial charge in [-0.15, -0.1) is 0 Å². The molecule has 5 aromatic rings. The first-order valence-electron chi connectivity index (χ1n) is 13.3. The number of nitrogens with zero attached hydrogens (tertiary/aromatic N) is 2. The summed E-state index contributed by atoms with van der Waals surface area (Å²) in [6.45, 7) is 8.18. The lowest BCUT2D eigenvalue weighted by Crippen LogP contribution is -2.22. The summed E-state index contributed by atoms with van der Waals surface area (Å²) in [7, 11) is 1.57. The number of aryl methyl sites for hydroxylation is 2. The fourth-order valence-corrected chi connectivity index (χ4v) is 5.19. The smallest absolute Gasteiger partial charge is 0.270 e. The fraction of sp³-hybridized carbons (Fsp3) is 0.206. The lowest BCUT2D eigenvalue weighted by molar-refractivity contribution is 0.0949. The predicted octanol–water partition coefficient (Wildman–Crippen LogP) is 7.33. The number of nitrogens with one attached hydrogen (secondary N) is 1. The number of carbonyl (C=O) groups excluding carboxylic acids is 2. The summed E-state index contributed by atoms with van der Waals surface area (Å²) >= 11 is 0. The van der Waals surface area contributed by atoms with Crippen molar-refractivity contribution in [1.29, 1.82) is 0 Å². The van der Waals surface area contributed by atoms with Gasteiger partial charge in [0.1, 0.15) is 22.9 Å². The zero-order chi connectivity index (χ0) is 28.6. The van der Waals surface area contributed by atoms with Crippen molar-refractivity contribution in [3.8, 4) is 22.4 Å². The number of pyridine rings is 1. The molecule has 2 aromatic heterocycles. The third-order valence-corrected chi connectivity index (χ3v) is 7.53. The number of amides is 1. The molecule has 0 aliphatic carbocycles. The van der Waals surface area contributed by atoms with E-state index in [0.29, 0.717) is 34.6 Å². The maximum absolute atomic E-state index is 13.6. The van der Waals surface area contributed by atoms with E-state index in [1.54, 1.807) is 23.6 Å². The van der Waals surface area contributed by atoms with Gasteiger partial charge in [-0.3, -0.25) is 14.0 Å². The Labute approximate surface area is 233 Å². The van der Waals surface area contributed by atoms with Gasteiger partial charge >= 0.3 is 0 Å². The van der Waals surface area contributed by atoms with E-state index in [0.717, 1.165) is 27.8 Å². The minimum Gasteiger partial charge on any atom is -0.354 e. The van der Waals surface area contributed by atoms with E-state index < -0.39 is 0 Å². The van der Waals surface area contributed by atoms with Crippen molar-refractivity contribution in [3.63, 3.8) is 0 Å². The molecule has 0 fully saturated rings. The van der Waals surface area contributed by atoms with Crippen LogP contribution in [0.25, 0.3) is 28.0 Å². The highest BCUT2D eigenvalue weighted by Gasteiger charge is 2.26. The van der Waals surface area contributed by atoms with Gasteiger partial charge in [-0.2, -0.15) is 0 Å². The Hall–Kier alpha value is -4.58. The second-order valence-electron chi connectivity index (χ2n) is 10.9. The fourth-order valence-electron chi connectivity index (χ4n) is 5.19. The SMILES string of the molecule is CNC(=O)c1c(-c2ccc(F)cc2)nc2cc(C)c(-c3cc(C(=O)CC(C)(C)c4ccccc4)ccc3C)cn12. The highest BCUT2D eigenvalue weighted by Crippen LogP contribution is 2.34. The molecule has 0 atom stereocenters. The van der Waals surface area contributed by atoms with Crippen molar-refractivity contribution in [2.24, 2.45) is 0 Å². The molecule has 2 heterocycles. The minimum atomic E-state index is -0.357. The van der Waals surface area contributed by atoms with Crippen molar-refractivity contribution in [2.45, 2.75) is 39.5 Å². The highest BCUT2D eigenvalue weighted by atomic mass is 19.1. The van der Waals surface area contributed by atoms with Crippen molar-refractivity contribution in [1.82, 2.24) is 14.7 Å². The zero-order valence-corrected chi connectivity index (χ0v) is 23.4. The molecular weight excluding hydrogens is 501 g/mol. The molecule has 1 amide bonds. The number of aromatic nitrogens is 2. The van der Waals surface area contributed by atoms with E-state index in [2.05, 4.69) is 31.3 Å². The molecule has 5 nitrogen and oxygen atoms in total. The van der Waals surface area contributed by atoms with Gasteiger partial charge < -0.3 is 5.32 Å². The Kier molecular flexibility index (Phi) is 7.11. The standard InChI is InChI=1S/C34H32FN3O2/c1-21-11-12-24(29(39)19-34(3,4)25-9-7-6-8-10-25)18-27(21)28-20-38-30(17-22(28)2)37-31(32(38)33(40)36-5)23-13-15-26(35)16-14-23/h6-18,20H,19H2,1-5H3,(H,36,40). The molecule has 1 N–H and O–H groups in total. The van der Waals surface area contributed by atoms with Crippen molar-refractivity contribution in [3.05, 3.63) is 119 Å². The maximum Gasteiger partial charge on any atom is 0.270 e. The number of rotatable bonds is 7. The number of imidazole rings is 1. The average Bonchev–Trinajstić information content (AvgIpc) is 3.31. The molecule has 202 valence electrons. The Morgan fingerprint density at radius 1 is 0.900 bits per heavy atom. The Balaban J connectivity index is 1.59. The topological polar surface area (TPSA) is 63.5 Å². The number of Topliss-reactive ketones (excluding diaryl/α,β-unsaturated/α-hetero) is 1. The predicted molar refractivity (Wildman–Crippen MR) is 157 cm³/mol. The lowest BCUT2D eigenvalue weighted by atomic mass is 9.79. The van der Waals surface area contributed by atoms with Crippen LogP contribution in [0.4, 0.5) is 4.39 Å². The van der Waals surface area contributed by atoms with Crippen LogP contribution in [0, 0.1) is 19.7 Å². The molecule has 6 heteroatoms.